The van der Waals surface area contributed by atoms with Gasteiger partial charge in [0.05, 0.1) is 17.0 Å². The van der Waals surface area contributed by atoms with E-state index in [0.29, 0.717) is 26.7 Å². The SMILES string of the molecule is Cc1ccc(CSc2nnc(N3C(=O)c4oc5ccc(C)cc5c(=O)c4[C@H]3c3cccc(Cl)c3)s2)cc1. The fourth-order valence-electron chi connectivity index (χ4n) is 4.46. The van der Waals surface area contributed by atoms with E-state index in [-0.39, 0.29) is 16.8 Å². The van der Waals surface area contributed by atoms with Gasteiger partial charge in [-0.15, -0.1) is 10.2 Å². The van der Waals surface area contributed by atoms with E-state index < -0.39 is 11.9 Å². The van der Waals surface area contributed by atoms with Gasteiger partial charge in [-0.2, -0.15) is 0 Å². The number of aryl methyl sites for hydroxylation is 2. The third kappa shape index (κ3) is 4.35. The predicted molar refractivity (Wildman–Crippen MR) is 148 cm³/mol. The van der Waals surface area contributed by atoms with E-state index in [1.165, 1.54) is 27.4 Å². The first-order valence-corrected chi connectivity index (χ1v) is 13.8. The van der Waals surface area contributed by atoms with E-state index in [4.69, 9.17) is 16.0 Å². The number of benzene rings is 3. The molecule has 1 aliphatic rings. The van der Waals surface area contributed by atoms with Crippen LogP contribution in [0.25, 0.3) is 11.0 Å². The average Bonchev–Trinajstić information content (AvgIpc) is 3.47. The molecule has 37 heavy (non-hydrogen) atoms. The third-order valence-electron chi connectivity index (χ3n) is 6.27. The molecule has 0 saturated heterocycles. The smallest absolute Gasteiger partial charge is 0.297 e. The molecule has 1 atom stereocenters. The second kappa shape index (κ2) is 9.45. The van der Waals surface area contributed by atoms with E-state index in [2.05, 4.69) is 41.4 Å². The van der Waals surface area contributed by atoms with E-state index >= 15 is 0 Å². The van der Waals surface area contributed by atoms with Gasteiger partial charge in [0.15, 0.2) is 9.77 Å². The van der Waals surface area contributed by atoms with Gasteiger partial charge in [0.1, 0.15) is 5.58 Å². The molecule has 9 heteroatoms. The number of rotatable bonds is 5. The molecule has 2 aromatic heterocycles. The first kappa shape index (κ1) is 23.9. The summed E-state index contributed by atoms with van der Waals surface area (Å²) < 4.78 is 6.76. The van der Waals surface area contributed by atoms with Crippen molar-refractivity contribution >= 4 is 56.7 Å². The number of thioether (sulfide) groups is 1. The summed E-state index contributed by atoms with van der Waals surface area (Å²) in [5, 5.41) is 10.0. The molecule has 1 amide bonds. The Bertz CT molecular complexity index is 1730. The molecule has 0 N–H and O–H groups in total. The highest BCUT2D eigenvalue weighted by atomic mass is 35.5. The van der Waals surface area contributed by atoms with Gasteiger partial charge in [0.2, 0.25) is 10.9 Å². The molecular formula is C28H20ClN3O3S2. The van der Waals surface area contributed by atoms with Crippen LogP contribution in [0.3, 0.4) is 0 Å². The van der Waals surface area contributed by atoms with Crippen LogP contribution in [-0.4, -0.2) is 16.1 Å². The van der Waals surface area contributed by atoms with Crippen LogP contribution in [0.4, 0.5) is 5.13 Å². The highest BCUT2D eigenvalue weighted by Gasteiger charge is 2.45. The lowest BCUT2D eigenvalue weighted by atomic mass is 9.98. The van der Waals surface area contributed by atoms with Crippen molar-refractivity contribution in [1.82, 2.24) is 10.2 Å². The molecule has 0 aliphatic carbocycles. The van der Waals surface area contributed by atoms with Gasteiger partial charge >= 0.3 is 0 Å². The fourth-order valence-corrected chi connectivity index (χ4v) is 6.49. The zero-order valence-electron chi connectivity index (χ0n) is 19.9. The Morgan fingerprint density at radius 3 is 2.57 bits per heavy atom. The third-order valence-corrected chi connectivity index (χ3v) is 8.64. The second-order valence-corrected chi connectivity index (χ2v) is 11.5. The number of carbonyl (C=O) groups excluding carboxylic acids is 1. The molecule has 184 valence electrons. The molecule has 6 nitrogen and oxygen atoms in total. The van der Waals surface area contributed by atoms with Gasteiger partial charge in [-0.1, -0.05) is 88.3 Å². The Hall–Kier alpha value is -3.46. The Balaban J connectivity index is 1.43. The summed E-state index contributed by atoms with van der Waals surface area (Å²) in [6.07, 6.45) is 0. The van der Waals surface area contributed by atoms with Crippen LogP contribution in [0.1, 0.15) is 44.4 Å². The first-order chi connectivity index (χ1) is 17.9. The van der Waals surface area contributed by atoms with Crippen LogP contribution in [0.2, 0.25) is 5.02 Å². The minimum Gasteiger partial charge on any atom is -0.450 e. The van der Waals surface area contributed by atoms with Crippen molar-refractivity contribution in [3.63, 3.8) is 0 Å². The molecule has 0 radical (unpaired) electrons. The number of anilines is 1. The van der Waals surface area contributed by atoms with Gasteiger partial charge in [-0.05, 0) is 49.2 Å². The number of carbonyl (C=O) groups is 1. The number of fused-ring (bicyclic) bond motifs is 2. The van der Waals surface area contributed by atoms with Crippen LogP contribution in [-0.2, 0) is 5.75 Å². The normalized spacial score (nSPS) is 14.9. The Kier molecular flexibility index (Phi) is 6.10. The average molecular weight is 546 g/mol. The maximum absolute atomic E-state index is 13.7. The zero-order chi connectivity index (χ0) is 25.7. The standard InChI is InChI=1S/C28H20ClN3O3S2/c1-15-6-9-17(10-7-15)14-36-28-31-30-27(37-28)32-23(18-4-3-5-19(29)13-18)22-24(33)20-12-16(2)8-11-21(20)35-25(22)26(32)34/h3-13,23H,14H2,1-2H3/t23-/m1/s1. The molecule has 3 aromatic carbocycles. The predicted octanol–water partition coefficient (Wildman–Crippen LogP) is 6.96. The summed E-state index contributed by atoms with van der Waals surface area (Å²) in [6, 6.07) is 20.1. The number of amides is 1. The quantitative estimate of drug-likeness (QED) is 0.175. The van der Waals surface area contributed by atoms with Crippen molar-refractivity contribution in [2.75, 3.05) is 4.90 Å². The van der Waals surface area contributed by atoms with E-state index in [1.54, 1.807) is 42.1 Å². The highest BCUT2D eigenvalue weighted by molar-refractivity contribution is 8.00. The van der Waals surface area contributed by atoms with Crippen molar-refractivity contribution in [2.45, 2.75) is 30.0 Å². The Labute approximate surface area is 225 Å². The summed E-state index contributed by atoms with van der Waals surface area (Å²) in [6.45, 7) is 3.97. The van der Waals surface area contributed by atoms with Crippen LogP contribution >= 0.6 is 34.7 Å². The molecule has 3 heterocycles. The van der Waals surface area contributed by atoms with Crippen molar-refractivity contribution < 1.29 is 9.21 Å². The lowest BCUT2D eigenvalue weighted by molar-refractivity contribution is 0.0970. The Morgan fingerprint density at radius 1 is 1.00 bits per heavy atom. The van der Waals surface area contributed by atoms with E-state index in [1.807, 2.05) is 19.1 Å². The first-order valence-electron chi connectivity index (χ1n) is 11.6. The monoisotopic (exact) mass is 545 g/mol. The van der Waals surface area contributed by atoms with Gasteiger partial charge in [-0.3, -0.25) is 14.5 Å². The lowest BCUT2D eigenvalue weighted by Gasteiger charge is -2.22. The number of hydrogen-bond donors (Lipinski definition) is 0. The molecule has 1 aliphatic heterocycles. The fraction of sp³-hybridized carbons (Fsp3) is 0.143. The maximum Gasteiger partial charge on any atom is 0.297 e. The molecule has 0 saturated carbocycles. The molecule has 0 fully saturated rings. The molecular weight excluding hydrogens is 526 g/mol. The Morgan fingerprint density at radius 2 is 1.78 bits per heavy atom. The topological polar surface area (TPSA) is 76.3 Å². The summed E-state index contributed by atoms with van der Waals surface area (Å²) in [7, 11) is 0. The summed E-state index contributed by atoms with van der Waals surface area (Å²) >= 11 is 9.18. The van der Waals surface area contributed by atoms with Crippen molar-refractivity contribution in [1.29, 1.82) is 0 Å². The molecule has 0 bridgehead atoms. The number of aromatic nitrogens is 2. The summed E-state index contributed by atoms with van der Waals surface area (Å²) in [5.74, 6) is 0.326. The van der Waals surface area contributed by atoms with Crippen LogP contribution in [0.15, 0.2) is 80.3 Å². The highest BCUT2D eigenvalue weighted by Crippen LogP contribution is 2.43. The number of nitrogens with zero attached hydrogens (tertiary/aromatic N) is 3. The summed E-state index contributed by atoms with van der Waals surface area (Å²) in [4.78, 5) is 29.0. The van der Waals surface area contributed by atoms with Crippen LogP contribution < -0.4 is 10.3 Å². The van der Waals surface area contributed by atoms with Gasteiger partial charge in [0.25, 0.3) is 5.91 Å². The number of halogens is 1. The minimum atomic E-state index is -0.731. The molecule has 0 unspecified atom stereocenters. The minimum absolute atomic E-state index is 0.0235. The largest absolute Gasteiger partial charge is 0.450 e. The van der Waals surface area contributed by atoms with Gasteiger partial charge < -0.3 is 4.42 Å². The van der Waals surface area contributed by atoms with Crippen molar-refractivity contribution in [3.05, 3.63) is 116 Å². The second-order valence-electron chi connectivity index (χ2n) is 8.93. The lowest BCUT2D eigenvalue weighted by Crippen LogP contribution is -2.29. The van der Waals surface area contributed by atoms with Crippen molar-refractivity contribution in [2.24, 2.45) is 0 Å². The van der Waals surface area contributed by atoms with Crippen LogP contribution in [0.5, 0.6) is 0 Å². The van der Waals surface area contributed by atoms with Crippen molar-refractivity contribution in [3.8, 4) is 0 Å². The molecule has 6 rings (SSSR count). The maximum atomic E-state index is 13.7. The van der Waals surface area contributed by atoms with E-state index in [0.717, 1.165) is 15.7 Å². The van der Waals surface area contributed by atoms with E-state index in [9.17, 15) is 9.59 Å². The van der Waals surface area contributed by atoms with Gasteiger partial charge in [0, 0.05) is 10.8 Å². The molecule has 0 spiro atoms. The zero-order valence-corrected chi connectivity index (χ0v) is 22.3. The number of hydrogen-bond acceptors (Lipinski definition) is 7. The van der Waals surface area contributed by atoms with Crippen LogP contribution in [0, 0.1) is 13.8 Å². The van der Waals surface area contributed by atoms with Gasteiger partial charge in [-0.25, -0.2) is 0 Å². The summed E-state index contributed by atoms with van der Waals surface area (Å²) in [5.41, 5.74) is 4.43. The molecule has 5 aromatic rings.